The third kappa shape index (κ3) is 3.21. The van der Waals surface area contributed by atoms with Gasteiger partial charge >= 0.3 is 0 Å². The summed E-state index contributed by atoms with van der Waals surface area (Å²) >= 11 is 5.86. The van der Waals surface area contributed by atoms with Crippen LogP contribution in [-0.4, -0.2) is 32.2 Å². The molecule has 2 N–H and O–H groups in total. The van der Waals surface area contributed by atoms with Crippen molar-refractivity contribution in [2.24, 2.45) is 0 Å². The molecule has 0 radical (unpaired) electrons. The number of fused-ring (bicyclic) bond motifs is 1. The third-order valence-corrected chi connectivity index (χ3v) is 4.04. The molecule has 0 aliphatic rings. The summed E-state index contributed by atoms with van der Waals surface area (Å²) in [6.07, 6.45) is 0. The van der Waals surface area contributed by atoms with Gasteiger partial charge in [-0.1, -0.05) is 11.6 Å². The number of carbonyl (C=O) groups excluding carboxylic acids is 1. The second-order valence-electron chi connectivity index (χ2n) is 5.25. The number of anilines is 1. The number of amides is 1. The molecular formula is C18H17ClN2O4. The van der Waals surface area contributed by atoms with Crippen molar-refractivity contribution in [3.8, 4) is 17.2 Å². The number of hydrogen-bond acceptors (Lipinski definition) is 4. The van der Waals surface area contributed by atoms with Crippen molar-refractivity contribution in [3.63, 3.8) is 0 Å². The van der Waals surface area contributed by atoms with Gasteiger partial charge in [-0.05, 0) is 30.3 Å². The fourth-order valence-electron chi connectivity index (χ4n) is 2.59. The largest absolute Gasteiger partial charge is 0.496 e. The number of rotatable bonds is 5. The molecule has 25 heavy (non-hydrogen) atoms. The summed E-state index contributed by atoms with van der Waals surface area (Å²) < 4.78 is 16.1. The average molecular weight is 361 g/mol. The van der Waals surface area contributed by atoms with Crippen molar-refractivity contribution in [2.45, 2.75) is 0 Å². The van der Waals surface area contributed by atoms with Crippen molar-refractivity contribution < 1.29 is 19.0 Å². The summed E-state index contributed by atoms with van der Waals surface area (Å²) in [5.41, 5.74) is 1.64. The monoisotopic (exact) mass is 360 g/mol. The maximum atomic E-state index is 12.5. The molecule has 7 heteroatoms. The molecule has 0 atom stereocenters. The van der Waals surface area contributed by atoms with Crippen molar-refractivity contribution >= 4 is 34.1 Å². The molecule has 3 rings (SSSR count). The zero-order chi connectivity index (χ0) is 18.0. The molecule has 0 unspecified atom stereocenters. The number of nitrogens with one attached hydrogen (secondary N) is 2. The van der Waals surface area contributed by atoms with Crippen LogP contribution in [0.5, 0.6) is 17.2 Å². The van der Waals surface area contributed by atoms with Crippen LogP contribution in [0.1, 0.15) is 10.5 Å². The van der Waals surface area contributed by atoms with Crippen LogP contribution in [0.15, 0.2) is 36.4 Å². The molecule has 130 valence electrons. The lowest BCUT2D eigenvalue weighted by atomic mass is 10.2. The highest BCUT2D eigenvalue weighted by Crippen LogP contribution is 2.41. The number of aromatic amines is 1. The van der Waals surface area contributed by atoms with Crippen LogP contribution < -0.4 is 19.5 Å². The van der Waals surface area contributed by atoms with Crippen LogP contribution in [0.25, 0.3) is 10.9 Å². The number of ether oxygens (including phenoxy) is 3. The summed E-state index contributed by atoms with van der Waals surface area (Å²) in [5, 5.41) is 4.13. The molecule has 1 aromatic heterocycles. The normalized spacial score (nSPS) is 10.6. The molecule has 0 saturated heterocycles. The molecule has 0 bridgehead atoms. The minimum atomic E-state index is -0.290. The lowest BCUT2D eigenvalue weighted by molar-refractivity contribution is 0.102. The first-order chi connectivity index (χ1) is 12.1. The van der Waals surface area contributed by atoms with E-state index in [4.69, 9.17) is 25.8 Å². The van der Waals surface area contributed by atoms with Crippen molar-refractivity contribution in [3.05, 3.63) is 47.1 Å². The fraction of sp³-hybridized carbons (Fsp3) is 0.167. The summed E-state index contributed by atoms with van der Waals surface area (Å²) in [7, 11) is 4.64. The van der Waals surface area contributed by atoms with E-state index in [1.54, 1.807) is 50.6 Å². The number of H-pyrrole nitrogens is 1. The molecule has 0 aliphatic carbocycles. The Morgan fingerprint density at radius 1 is 1.00 bits per heavy atom. The molecule has 1 heterocycles. The molecule has 0 fully saturated rings. The summed E-state index contributed by atoms with van der Waals surface area (Å²) in [5.74, 6) is 1.30. The number of aromatic nitrogens is 1. The summed E-state index contributed by atoms with van der Waals surface area (Å²) in [4.78, 5) is 15.6. The van der Waals surface area contributed by atoms with E-state index < -0.39 is 0 Å². The minimum absolute atomic E-state index is 0.290. The highest BCUT2D eigenvalue weighted by atomic mass is 35.5. The van der Waals surface area contributed by atoms with E-state index in [1.165, 1.54) is 7.11 Å². The average Bonchev–Trinajstić information content (AvgIpc) is 3.07. The molecule has 6 nitrogen and oxygen atoms in total. The van der Waals surface area contributed by atoms with E-state index in [9.17, 15) is 4.79 Å². The van der Waals surface area contributed by atoms with Gasteiger partial charge in [0, 0.05) is 22.2 Å². The van der Waals surface area contributed by atoms with Gasteiger partial charge in [0.1, 0.15) is 11.4 Å². The summed E-state index contributed by atoms with van der Waals surface area (Å²) in [6.45, 7) is 0. The molecule has 0 aliphatic heterocycles. The first kappa shape index (κ1) is 17.0. The topological polar surface area (TPSA) is 72.6 Å². The number of benzene rings is 2. The Labute approximate surface area is 149 Å². The van der Waals surface area contributed by atoms with E-state index >= 15 is 0 Å². The van der Waals surface area contributed by atoms with E-state index in [-0.39, 0.29) is 5.91 Å². The number of hydrogen-bond donors (Lipinski definition) is 2. The minimum Gasteiger partial charge on any atom is -0.496 e. The predicted octanol–water partition coefficient (Wildman–Crippen LogP) is 4.10. The highest BCUT2D eigenvalue weighted by molar-refractivity contribution is 6.30. The maximum absolute atomic E-state index is 12.5. The second kappa shape index (κ2) is 6.94. The number of halogens is 1. The predicted molar refractivity (Wildman–Crippen MR) is 97.4 cm³/mol. The smallest absolute Gasteiger partial charge is 0.272 e. The Morgan fingerprint density at radius 2 is 1.68 bits per heavy atom. The third-order valence-electron chi connectivity index (χ3n) is 3.79. The quantitative estimate of drug-likeness (QED) is 0.718. The van der Waals surface area contributed by atoms with Crippen LogP contribution in [0.4, 0.5) is 5.69 Å². The molecule has 3 aromatic rings. The van der Waals surface area contributed by atoms with Crippen LogP contribution in [0.2, 0.25) is 5.02 Å². The second-order valence-corrected chi connectivity index (χ2v) is 5.68. The van der Waals surface area contributed by atoms with Gasteiger partial charge in [-0.25, -0.2) is 0 Å². The lowest BCUT2D eigenvalue weighted by Gasteiger charge is -2.11. The molecule has 1 amide bonds. The van der Waals surface area contributed by atoms with E-state index in [0.29, 0.717) is 39.2 Å². The van der Waals surface area contributed by atoms with Crippen molar-refractivity contribution in [2.75, 3.05) is 26.6 Å². The van der Waals surface area contributed by atoms with E-state index in [1.807, 2.05) is 0 Å². The zero-order valence-electron chi connectivity index (χ0n) is 14.0. The number of methoxy groups -OCH3 is 3. The van der Waals surface area contributed by atoms with Gasteiger partial charge < -0.3 is 24.5 Å². The van der Waals surface area contributed by atoms with Gasteiger partial charge in [-0.2, -0.15) is 0 Å². The highest BCUT2D eigenvalue weighted by Gasteiger charge is 2.19. The Kier molecular flexibility index (Phi) is 4.72. The molecule has 2 aromatic carbocycles. The van der Waals surface area contributed by atoms with Crippen LogP contribution >= 0.6 is 11.6 Å². The van der Waals surface area contributed by atoms with Gasteiger partial charge in [0.05, 0.1) is 26.8 Å². The van der Waals surface area contributed by atoms with Gasteiger partial charge in [0.2, 0.25) is 0 Å². The van der Waals surface area contributed by atoms with Crippen LogP contribution in [0.3, 0.4) is 0 Å². The van der Waals surface area contributed by atoms with Crippen molar-refractivity contribution in [1.29, 1.82) is 0 Å². The van der Waals surface area contributed by atoms with Crippen molar-refractivity contribution in [1.82, 2.24) is 4.98 Å². The van der Waals surface area contributed by atoms with Gasteiger partial charge in [0.15, 0.2) is 11.5 Å². The van der Waals surface area contributed by atoms with E-state index in [0.717, 1.165) is 5.39 Å². The zero-order valence-corrected chi connectivity index (χ0v) is 14.7. The number of carbonyl (C=O) groups is 1. The standard InChI is InChI=1S/C18H17ClN2O4/c1-23-14-9-15(24-2)17(25-3)16-12(14)8-13(21-16)18(22)20-11-6-4-10(19)5-7-11/h4-9,21H,1-3H3,(H,20,22). The maximum Gasteiger partial charge on any atom is 0.272 e. The van der Waals surface area contributed by atoms with Gasteiger partial charge in [0.25, 0.3) is 5.91 Å². The Balaban J connectivity index is 2.02. The Bertz CT molecular complexity index is 919. The SMILES string of the molecule is COc1cc(OC)c2cc(C(=O)Nc3ccc(Cl)cc3)[nH]c2c1OC. The first-order valence-corrected chi connectivity index (χ1v) is 7.83. The molecular weight excluding hydrogens is 344 g/mol. The first-order valence-electron chi connectivity index (χ1n) is 7.46. The van der Waals surface area contributed by atoms with E-state index in [2.05, 4.69) is 10.3 Å². The van der Waals surface area contributed by atoms with Gasteiger partial charge in [-0.15, -0.1) is 0 Å². The molecule has 0 spiro atoms. The molecule has 0 saturated carbocycles. The summed E-state index contributed by atoms with van der Waals surface area (Å²) in [6, 6.07) is 10.3. The van der Waals surface area contributed by atoms with Crippen LogP contribution in [-0.2, 0) is 0 Å². The Morgan fingerprint density at radius 3 is 2.28 bits per heavy atom. The fourth-order valence-corrected chi connectivity index (χ4v) is 2.72. The van der Waals surface area contributed by atoms with Crippen LogP contribution in [0, 0.1) is 0 Å². The lowest BCUT2D eigenvalue weighted by Crippen LogP contribution is -2.12. The Hall–Kier alpha value is -2.86. The van der Waals surface area contributed by atoms with Gasteiger partial charge in [-0.3, -0.25) is 4.79 Å².